The van der Waals surface area contributed by atoms with Gasteiger partial charge in [-0.3, -0.25) is 9.89 Å². The quantitative estimate of drug-likeness (QED) is 0.688. The van der Waals surface area contributed by atoms with Crippen LogP contribution in [0, 0.1) is 5.41 Å². The molecule has 2 N–H and O–H groups in total. The number of hydrogen-bond donors (Lipinski definition) is 2. The Balaban J connectivity index is 1.58. The van der Waals surface area contributed by atoms with Crippen LogP contribution in [0.1, 0.15) is 39.5 Å². The summed E-state index contributed by atoms with van der Waals surface area (Å²) in [4.78, 5) is 26.6. The normalized spacial score (nSPS) is 19.2. The van der Waals surface area contributed by atoms with Gasteiger partial charge in [0.05, 0.1) is 29.0 Å². The van der Waals surface area contributed by atoms with Crippen LogP contribution in [0.3, 0.4) is 0 Å². The van der Waals surface area contributed by atoms with E-state index in [1.165, 1.54) is 12.8 Å². The van der Waals surface area contributed by atoms with E-state index < -0.39 is 5.41 Å². The summed E-state index contributed by atoms with van der Waals surface area (Å²) < 4.78 is 0. The summed E-state index contributed by atoms with van der Waals surface area (Å²) in [6, 6.07) is 6.34. The molecule has 1 aliphatic carbocycles. The van der Waals surface area contributed by atoms with E-state index in [0.717, 1.165) is 40.9 Å². The predicted molar refractivity (Wildman–Crippen MR) is 118 cm³/mol. The number of hydrogen-bond acceptors (Lipinski definition) is 6. The van der Waals surface area contributed by atoms with Gasteiger partial charge < -0.3 is 15.1 Å². The van der Waals surface area contributed by atoms with Crippen molar-refractivity contribution in [3.8, 4) is 0 Å². The number of aromatic nitrogens is 4. The molecule has 5 rings (SSSR count). The van der Waals surface area contributed by atoms with Crippen LogP contribution in [0.15, 0.2) is 30.6 Å². The van der Waals surface area contributed by atoms with Crippen LogP contribution in [-0.2, 0) is 4.79 Å². The van der Waals surface area contributed by atoms with Crippen molar-refractivity contribution >= 4 is 40.0 Å². The predicted octanol–water partition coefficient (Wildman–Crippen LogP) is 3.85. The van der Waals surface area contributed by atoms with Crippen molar-refractivity contribution in [1.29, 1.82) is 0 Å². The van der Waals surface area contributed by atoms with Gasteiger partial charge in [0.25, 0.3) is 0 Å². The molecule has 3 aromatic rings. The van der Waals surface area contributed by atoms with Gasteiger partial charge >= 0.3 is 0 Å². The molecule has 30 heavy (non-hydrogen) atoms. The first-order chi connectivity index (χ1) is 14.4. The molecule has 1 aliphatic heterocycles. The van der Waals surface area contributed by atoms with Crippen LogP contribution in [0.5, 0.6) is 0 Å². The number of nitrogens with one attached hydrogen (secondary N) is 2. The number of aromatic amines is 1. The van der Waals surface area contributed by atoms with Gasteiger partial charge in [0, 0.05) is 25.0 Å². The molecule has 1 amide bonds. The summed E-state index contributed by atoms with van der Waals surface area (Å²) in [6.45, 7) is 4.69. The molecule has 2 aliphatic rings. The van der Waals surface area contributed by atoms with Gasteiger partial charge in [-0.1, -0.05) is 18.9 Å². The van der Waals surface area contributed by atoms with E-state index in [-0.39, 0.29) is 5.91 Å². The van der Waals surface area contributed by atoms with E-state index in [0.29, 0.717) is 18.5 Å². The van der Waals surface area contributed by atoms with Crippen molar-refractivity contribution in [2.45, 2.75) is 45.6 Å². The summed E-state index contributed by atoms with van der Waals surface area (Å²) in [5.74, 6) is 1.45. The Morgan fingerprint density at radius 3 is 2.80 bits per heavy atom. The summed E-state index contributed by atoms with van der Waals surface area (Å²) in [5, 5.41) is 11.4. The van der Waals surface area contributed by atoms with Gasteiger partial charge in [-0.05, 0) is 38.8 Å². The summed E-state index contributed by atoms with van der Waals surface area (Å²) in [7, 11) is 1.82. The maximum Gasteiger partial charge on any atom is 0.234 e. The second-order valence-corrected chi connectivity index (χ2v) is 8.98. The maximum absolute atomic E-state index is 13.1. The van der Waals surface area contributed by atoms with E-state index in [1.54, 1.807) is 17.3 Å². The molecule has 0 spiro atoms. The third kappa shape index (κ3) is 3.07. The van der Waals surface area contributed by atoms with Crippen molar-refractivity contribution in [3.05, 3.63) is 30.6 Å². The third-order valence-corrected chi connectivity index (χ3v) is 6.33. The Morgan fingerprint density at radius 1 is 1.20 bits per heavy atom. The molecule has 8 heteroatoms. The van der Waals surface area contributed by atoms with Crippen LogP contribution in [0.2, 0.25) is 0 Å². The van der Waals surface area contributed by atoms with Crippen LogP contribution in [0.25, 0.3) is 10.9 Å². The van der Waals surface area contributed by atoms with Gasteiger partial charge in [-0.25, -0.2) is 4.98 Å². The van der Waals surface area contributed by atoms with Crippen LogP contribution < -0.4 is 15.1 Å². The Labute approximate surface area is 175 Å². The first-order valence-electron chi connectivity index (χ1n) is 10.5. The Kier molecular flexibility index (Phi) is 4.38. The summed E-state index contributed by atoms with van der Waals surface area (Å²) in [6.07, 6.45) is 8.27. The minimum Gasteiger partial charge on any atom is -0.351 e. The van der Waals surface area contributed by atoms with E-state index in [2.05, 4.69) is 25.4 Å². The number of amides is 1. The van der Waals surface area contributed by atoms with Gasteiger partial charge in [-0.2, -0.15) is 10.1 Å². The molecule has 2 aromatic heterocycles. The lowest BCUT2D eigenvalue weighted by Gasteiger charge is -2.34. The lowest BCUT2D eigenvalue weighted by Crippen LogP contribution is -2.45. The molecule has 1 aromatic carbocycles. The molecule has 0 bridgehead atoms. The molecular weight excluding hydrogens is 378 g/mol. The van der Waals surface area contributed by atoms with Crippen LogP contribution >= 0.6 is 0 Å². The number of carbonyl (C=O) groups is 1. The van der Waals surface area contributed by atoms with E-state index in [4.69, 9.17) is 4.98 Å². The van der Waals surface area contributed by atoms with Gasteiger partial charge in [0.15, 0.2) is 5.82 Å². The SMILES string of the molecule is CN1C(=O)C(C)(C)CN(C2CCCC2)c2nc(Nc3cccc4[nH]ncc34)ncc21. The zero-order chi connectivity index (χ0) is 20.9. The largest absolute Gasteiger partial charge is 0.351 e. The van der Waals surface area contributed by atoms with Crippen molar-refractivity contribution < 1.29 is 4.79 Å². The fraction of sp³-hybridized carbons (Fsp3) is 0.455. The lowest BCUT2D eigenvalue weighted by atomic mass is 9.91. The highest BCUT2D eigenvalue weighted by Crippen LogP contribution is 2.40. The molecule has 0 atom stereocenters. The minimum atomic E-state index is -0.492. The first-order valence-corrected chi connectivity index (χ1v) is 10.5. The highest BCUT2D eigenvalue weighted by atomic mass is 16.2. The number of H-pyrrole nitrogens is 1. The monoisotopic (exact) mass is 405 g/mol. The second-order valence-electron chi connectivity index (χ2n) is 8.98. The standard InChI is InChI=1S/C22H27N7O/c1-22(2)13-29(14-7-4-5-8-14)19-18(28(3)20(22)30)12-23-21(26-19)25-16-9-6-10-17-15(16)11-24-27-17/h6,9-12,14H,4-5,7-8,13H2,1-3H3,(H,24,27)(H,23,25,26). The highest BCUT2D eigenvalue weighted by molar-refractivity contribution is 6.01. The molecule has 1 saturated carbocycles. The highest BCUT2D eigenvalue weighted by Gasteiger charge is 2.41. The average Bonchev–Trinajstić information content (AvgIpc) is 3.42. The summed E-state index contributed by atoms with van der Waals surface area (Å²) in [5.41, 5.74) is 2.12. The number of fused-ring (bicyclic) bond motifs is 2. The van der Waals surface area contributed by atoms with Gasteiger partial charge in [0.2, 0.25) is 11.9 Å². The molecular formula is C22H27N7O. The van der Waals surface area contributed by atoms with Crippen molar-refractivity contribution in [2.24, 2.45) is 5.41 Å². The average molecular weight is 406 g/mol. The fourth-order valence-corrected chi connectivity index (χ4v) is 4.72. The zero-order valence-corrected chi connectivity index (χ0v) is 17.6. The smallest absolute Gasteiger partial charge is 0.234 e. The van der Waals surface area contributed by atoms with E-state index >= 15 is 0 Å². The molecule has 156 valence electrons. The molecule has 1 fully saturated rings. The second kappa shape index (κ2) is 6.97. The number of nitrogens with zero attached hydrogens (tertiary/aromatic N) is 5. The van der Waals surface area contributed by atoms with Crippen LogP contribution in [-0.4, -0.2) is 45.7 Å². The number of carbonyl (C=O) groups excluding carboxylic acids is 1. The maximum atomic E-state index is 13.1. The topological polar surface area (TPSA) is 90.0 Å². The van der Waals surface area contributed by atoms with Crippen molar-refractivity contribution in [2.75, 3.05) is 28.7 Å². The van der Waals surface area contributed by atoms with Gasteiger partial charge in [0.1, 0.15) is 5.69 Å². The Morgan fingerprint density at radius 2 is 2.00 bits per heavy atom. The Hall–Kier alpha value is -3.16. The number of anilines is 4. The summed E-state index contributed by atoms with van der Waals surface area (Å²) >= 11 is 0. The molecule has 3 heterocycles. The molecule has 0 unspecified atom stereocenters. The van der Waals surface area contributed by atoms with Crippen LogP contribution in [0.4, 0.5) is 23.1 Å². The number of rotatable bonds is 3. The van der Waals surface area contributed by atoms with Crippen molar-refractivity contribution in [1.82, 2.24) is 20.2 Å². The number of benzene rings is 1. The third-order valence-electron chi connectivity index (χ3n) is 6.33. The first kappa shape index (κ1) is 18.8. The Bertz CT molecular complexity index is 1100. The zero-order valence-electron chi connectivity index (χ0n) is 17.6. The molecule has 0 saturated heterocycles. The van der Waals surface area contributed by atoms with E-state index in [9.17, 15) is 4.79 Å². The molecule has 8 nitrogen and oxygen atoms in total. The minimum absolute atomic E-state index is 0.0942. The van der Waals surface area contributed by atoms with E-state index in [1.807, 2.05) is 39.1 Å². The lowest BCUT2D eigenvalue weighted by molar-refractivity contribution is -0.125. The fourth-order valence-electron chi connectivity index (χ4n) is 4.72. The van der Waals surface area contributed by atoms with Crippen molar-refractivity contribution in [3.63, 3.8) is 0 Å². The molecule has 0 radical (unpaired) electrons. The van der Waals surface area contributed by atoms with Gasteiger partial charge in [-0.15, -0.1) is 0 Å².